The summed E-state index contributed by atoms with van der Waals surface area (Å²) in [6.45, 7) is 9.63. The number of nitrogens with one attached hydrogen (secondary N) is 1. The van der Waals surface area contributed by atoms with Gasteiger partial charge in [-0.15, -0.1) is 11.3 Å². The van der Waals surface area contributed by atoms with Gasteiger partial charge >= 0.3 is 0 Å². The number of nitrogens with zero attached hydrogens (tertiary/aromatic N) is 2. The van der Waals surface area contributed by atoms with Crippen molar-refractivity contribution in [1.29, 1.82) is 0 Å². The third-order valence-corrected chi connectivity index (χ3v) is 4.00. The minimum Gasteiger partial charge on any atom is -0.335 e. The molecule has 2 unspecified atom stereocenters. The van der Waals surface area contributed by atoms with Crippen molar-refractivity contribution in [3.63, 3.8) is 0 Å². The van der Waals surface area contributed by atoms with Crippen molar-refractivity contribution in [3.05, 3.63) is 15.6 Å². The maximum atomic E-state index is 12.4. The lowest BCUT2D eigenvalue weighted by Crippen LogP contribution is -2.55. The van der Waals surface area contributed by atoms with Crippen molar-refractivity contribution < 1.29 is 4.79 Å². The van der Waals surface area contributed by atoms with Crippen LogP contribution in [0.15, 0.2) is 0 Å². The summed E-state index contributed by atoms with van der Waals surface area (Å²) >= 11 is 1.50. The summed E-state index contributed by atoms with van der Waals surface area (Å²) in [6, 6.07) is 0.717. The first-order chi connectivity index (χ1) is 7.97. The molecule has 1 aliphatic heterocycles. The van der Waals surface area contributed by atoms with Gasteiger partial charge in [-0.25, -0.2) is 4.98 Å². The van der Waals surface area contributed by atoms with Crippen LogP contribution in [0.25, 0.3) is 0 Å². The molecule has 0 radical (unpaired) electrons. The Hall–Kier alpha value is -0.940. The second kappa shape index (κ2) is 4.74. The van der Waals surface area contributed by atoms with Gasteiger partial charge in [0.2, 0.25) is 0 Å². The summed E-state index contributed by atoms with van der Waals surface area (Å²) in [5.41, 5.74) is 0.858. The van der Waals surface area contributed by atoms with Crippen LogP contribution in [0.4, 0.5) is 0 Å². The number of hydrogen-bond donors (Lipinski definition) is 1. The van der Waals surface area contributed by atoms with Gasteiger partial charge in [-0.05, 0) is 27.7 Å². The zero-order valence-corrected chi connectivity index (χ0v) is 11.6. The highest BCUT2D eigenvalue weighted by atomic mass is 32.1. The maximum absolute atomic E-state index is 12.4. The standard InChI is InChI=1S/C12H19N3OS/c1-7-5-15(6-8(2)13-7)12(16)11-9(3)14-10(4)17-11/h7-8,13H,5-6H2,1-4H3. The molecule has 2 atom stereocenters. The first-order valence-electron chi connectivity index (χ1n) is 5.96. The molecular weight excluding hydrogens is 234 g/mol. The molecular formula is C12H19N3OS. The molecule has 2 rings (SSSR count). The Balaban J connectivity index is 2.17. The van der Waals surface area contributed by atoms with Crippen molar-refractivity contribution in [2.75, 3.05) is 13.1 Å². The number of hydrogen-bond acceptors (Lipinski definition) is 4. The Morgan fingerprint density at radius 1 is 1.35 bits per heavy atom. The highest BCUT2D eigenvalue weighted by Gasteiger charge is 2.27. The molecule has 0 aromatic carbocycles. The van der Waals surface area contributed by atoms with Crippen molar-refractivity contribution in [1.82, 2.24) is 15.2 Å². The van der Waals surface area contributed by atoms with E-state index in [2.05, 4.69) is 24.1 Å². The molecule has 0 saturated carbocycles. The fourth-order valence-corrected chi connectivity index (χ4v) is 3.25. The van der Waals surface area contributed by atoms with Gasteiger partial charge in [-0.2, -0.15) is 0 Å². The number of aromatic nitrogens is 1. The van der Waals surface area contributed by atoms with Crippen molar-refractivity contribution in [2.24, 2.45) is 0 Å². The van der Waals surface area contributed by atoms with E-state index in [-0.39, 0.29) is 5.91 Å². The predicted molar refractivity (Wildman–Crippen MR) is 69.6 cm³/mol. The summed E-state index contributed by atoms with van der Waals surface area (Å²) in [6.07, 6.45) is 0. The van der Waals surface area contributed by atoms with Gasteiger partial charge in [-0.1, -0.05) is 0 Å². The average molecular weight is 253 g/mol. The zero-order valence-electron chi connectivity index (χ0n) is 10.8. The SMILES string of the molecule is Cc1nc(C)c(C(=O)N2CC(C)NC(C)C2)s1. The second-order valence-corrected chi connectivity index (χ2v) is 6.03. The highest BCUT2D eigenvalue weighted by molar-refractivity contribution is 7.13. The molecule has 0 bridgehead atoms. The van der Waals surface area contributed by atoms with Crippen LogP contribution in [0, 0.1) is 13.8 Å². The summed E-state index contributed by atoms with van der Waals surface area (Å²) in [5.74, 6) is 0.133. The van der Waals surface area contributed by atoms with Gasteiger partial charge in [0.05, 0.1) is 10.7 Å². The maximum Gasteiger partial charge on any atom is 0.265 e. The lowest BCUT2D eigenvalue weighted by Gasteiger charge is -2.36. The quantitative estimate of drug-likeness (QED) is 0.826. The number of carbonyl (C=O) groups is 1. The highest BCUT2D eigenvalue weighted by Crippen LogP contribution is 2.20. The minimum absolute atomic E-state index is 0.133. The molecule has 1 N–H and O–H groups in total. The molecule has 1 amide bonds. The second-order valence-electron chi connectivity index (χ2n) is 4.83. The van der Waals surface area contributed by atoms with Gasteiger partial charge in [0.1, 0.15) is 4.88 Å². The monoisotopic (exact) mass is 253 g/mol. The van der Waals surface area contributed by atoms with E-state index < -0.39 is 0 Å². The van der Waals surface area contributed by atoms with Crippen LogP contribution >= 0.6 is 11.3 Å². The third-order valence-electron chi connectivity index (χ3n) is 2.94. The van der Waals surface area contributed by atoms with Crippen molar-refractivity contribution in [2.45, 2.75) is 39.8 Å². The summed E-state index contributed by atoms with van der Waals surface area (Å²) < 4.78 is 0. The molecule has 0 aliphatic carbocycles. The predicted octanol–water partition coefficient (Wildman–Crippen LogP) is 1.58. The van der Waals surface area contributed by atoms with E-state index in [0.29, 0.717) is 12.1 Å². The van der Waals surface area contributed by atoms with Crippen molar-refractivity contribution >= 4 is 17.2 Å². The molecule has 1 aromatic rings. The number of piperazine rings is 1. The number of rotatable bonds is 1. The van der Waals surface area contributed by atoms with Gasteiger partial charge in [0, 0.05) is 25.2 Å². The van der Waals surface area contributed by atoms with E-state index in [1.165, 1.54) is 11.3 Å². The van der Waals surface area contributed by atoms with E-state index in [4.69, 9.17) is 0 Å². The van der Waals surface area contributed by atoms with Crippen LogP contribution in [-0.2, 0) is 0 Å². The molecule has 1 fully saturated rings. The Kier molecular flexibility index (Phi) is 3.49. The van der Waals surface area contributed by atoms with E-state index in [1.54, 1.807) is 0 Å². The Bertz CT molecular complexity index is 419. The average Bonchev–Trinajstić information content (AvgIpc) is 2.55. The van der Waals surface area contributed by atoms with Crippen LogP contribution in [0.1, 0.15) is 34.2 Å². The minimum atomic E-state index is 0.133. The molecule has 0 spiro atoms. The number of carbonyl (C=O) groups excluding carboxylic acids is 1. The molecule has 1 aliphatic rings. The van der Waals surface area contributed by atoms with E-state index in [9.17, 15) is 4.79 Å². The van der Waals surface area contributed by atoms with Crippen LogP contribution in [-0.4, -0.2) is 41.0 Å². The normalized spacial score (nSPS) is 25.1. The Labute approximate surface area is 106 Å². The summed E-state index contributed by atoms with van der Waals surface area (Å²) in [7, 11) is 0. The molecule has 4 nitrogen and oxygen atoms in total. The lowest BCUT2D eigenvalue weighted by molar-refractivity contribution is 0.0678. The lowest BCUT2D eigenvalue weighted by atomic mass is 10.1. The number of amides is 1. The van der Waals surface area contributed by atoms with Gasteiger partial charge in [-0.3, -0.25) is 4.79 Å². The fraction of sp³-hybridized carbons (Fsp3) is 0.667. The van der Waals surface area contributed by atoms with Crippen LogP contribution in [0.2, 0.25) is 0 Å². The fourth-order valence-electron chi connectivity index (χ4n) is 2.37. The first-order valence-corrected chi connectivity index (χ1v) is 6.78. The van der Waals surface area contributed by atoms with E-state index >= 15 is 0 Å². The topological polar surface area (TPSA) is 45.2 Å². The van der Waals surface area contributed by atoms with E-state index in [0.717, 1.165) is 28.7 Å². The number of thiazole rings is 1. The summed E-state index contributed by atoms with van der Waals surface area (Å²) in [4.78, 5) is 19.4. The van der Waals surface area contributed by atoms with Crippen LogP contribution in [0.3, 0.4) is 0 Å². The third kappa shape index (κ3) is 2.66. The summed E-state index contributed by atoms with van der Waals surface area (Å²) in [5, 5.41) is 4.39. The zero-order chi connectivity index (χ0) is 12.6. The van der Waals surface area contributed by atoms with E-state index in [1.807, 2.05) is 18.7 Å². The molecule has 1 saturated heterocycles. The molecule has 94 valence electrons. The van der Waals surface area contributed by atoms with Gasteiger partial charge in [0.15, 0.2) is 0 Å². The van der Waals surface area contributed by atoms with Crippen molar-refractivity contribution in [3.8, 4) is 0 Å². The smallest absolute Gasteiger partial charge is 0.265 e. The molecule has 2 heterocycles. The molecule has 1 aromatic heterocycles. The molecule has 5 heteroatoms. The largest absolute Gasteiger partial charge is 0.335 e. The van der Waals surface area contributed by atoms with Gasteiger partial charge in [0.25, 0.3) is 5.91 Å². The van der Waals surface area contributed by atoms with Gasteiger partial charge < -0.3 is 10.2 Å². The Morgan fingerprint density at radius 2 is 1.94 bits per heavy atom. The Morgan fingerprint density at radius 3 is 2.41 bits per heavy atom. The van der Waals surface area contributed by atoms with Crippen LogP contribution in [0.5, 0.6) is 0 Å². The van der Waals surface area contributed by atoms with Crippen LogP contribution < -0.4 is 5.32 Å². The molecule has 17 heavy (non-hydrogen) atoms. The number of aryl methyl sites for hydroxylation is 2. The first kappa shape index (κ1) is 12.5.